The van der Waals surface area contributed by atoms with Gasteiger partial charge in [-0.25, -0.2) is 0 Å². The van der Waals surface area contributed by atoms with E-state index >= 15 is 0 Å². The molecule has 0 saturated carbocycles. The largest absolute Gasteiger partial charge is 0.382 e. The first-order chi connectivity index (χ1) is 8.48. The van der Waals surface area contributed by atoms with E-state index in [2.05, 4.69) is 0 Å². The minimum Gasteiger partial charge on any atom is -0.382 e. The summed E-state index contributed by atoms with van der Waals surface area (Å²) in [6, 6.07) is 0. The van der Waals surface area contributed by atoms with Crippen LogP contribution < -0.4 is 0 Å². The van der Waals surface area contributed by atoms with E-state index in [4.69, 9.17) is 25.8 Å². The summed E-state index contributed by atoms with van der Waals surface area (Å²) in [5.41, 5.74) is -0.361. The SMILES string of the molecule is COCCOCC(=O)N1CC(CCl)OC(C)(C)C1. The Hall–Kier alpha value is -0.360. The van der Waals surface area contributed by atoms with Gasteiger partial charge in [0.2, 0.25) is 5.91 Å². The number of rotatable bonds is 6. The minimum absolute atomic E-state index is 0.0300. The number of amides is 1. The number of ether oxygens (including phenoxy) is 3. The molecule has 18 heavy (non-hydrogen) atoms. The Bertz CT molecular complexity index is 273. The number of alkyl halides is 1. The van der Waals surface area contributed by atoms with Gasteiger partial charge in [0, 0.05) is 20.2 Å². The van der Waals surface area contributed by atoms with Gasteiger partial charge in [-0.3, -0.25) is 4.79 Å². The highest BCUT2D eigenvalue weighted by Gasteiger charge is 2.35. The first-order valence-corrected chi connectivity index (χ1v) is 6.60. The summed E-state index contributed by atoms with van der Waals surface area (Å²) >= 11 is 5.81. The quantitative estimate of drug-likeness (QED) is 0.535. The van der Waals surface area contributed by atoms with Gasteiger partial charge >= 0.3 is 0 Å². The fourth-order valence-electron chi connectivity index (χ4n) is 1.96. The predicted molar refractivity (Wildman–Crippen MR) is 68.9 cm³/mol. The average Bonchev–Trinajstić information content (AvgIpc) is 2.32. The van der Waals surface area contributed by atoms with Crippen LogP contribution in [0.15, 0.2) is 0 Å². The van der Waals surface area contributed by atoms with E-state index in [-0.39, 0.29) is 24.2 Å². The third-order valence-corrected chi connectivity index (χ3v) is 3.01. The molecule has 0 aromatic rings. The molecule has 0 spiro atoms. The molecule has 0 aromatic heterocycles. The topological polar surface area (TPSA) is 48.0 Å². The van der Waals surface area contributed by atoms with Crippen LogP contribution in [-0.2, 0) is 19.0 Å². The van der Waals surface area contributed by atoms with Crippen LogP contribution in [-0.4, -0.2) is 68.4 Å². The Morgan fingerprint density at radius 3 is 2.83 bits per heavy atom. The first kappa shape index (κ1) is 15.7. The highest BCUT2D eigenvalue weighted by atomic mass is 35.5. The molecule has 0 aliphatic carbocycles. The molecule has 1 rings (SSSR count). The van der Waals surface area contributed by atoms with Crippen LogP contribution >= 0.6 is 11.6 Å². The van der Waals surface area contributed by atoms with E-state index in [1.54, 1.807) is 12.0 Å². The van der Waals surface area contributed by atoms with Crippen molar-refractivity contribution in [3.63, 3.8) is 0 Å². The van der Waals surface area contributed by atoms with Crippen molar-refractivity contribution in [2.45, 2.75) is 25.6 Å². The van der Waals surface area contributed by atoms with Crippen molar-refractivity contribution in [3.05, 3.63) is 0 Å². The third-order valence-electron chi connectivity index (χ3n) is 2.66. The zero-order valence-electron chi connectivity index (χ0n) is 11.3. The van der Waals surface area contributed by atoms with Crippen LogP contribution in [0.4, 0.5) is 0 Å². The fraction of sp³-hybridized carbons (Fsp3) is 0.917. The highest BCUT2D eigenvalue weighted by molar-refractivity contribution is 6.18. The van der Waals surface area contributed by atoms with Gasteiger partial charge in [-0.1, -0.05) is 0 Å². The maximum absolute atomic E-state index is 12.0. The number of hydrogen-bond acceptors (Lipinski definition) is 4. The fourth-order valence-corrected chi connectivity index (χ4v) is 2.12. The first-order valence-electron chi connectivity index (χ1n) is 6.07. The lowest BCUT2D eigenvalue weighted by atomic mass is 10.1. The van der Waals surface area contributed by atoms with Crippen molar-refractivity contribution < 1.29 is 19.0 Å². The molecule has 1 heterocycles. The Kier molecular flexibility index (Phi) is 6.35. The molecule has 0 aromatic carbocycles. The van der Waals surface area contributed by atoms with Crippen LogP contribution in [0.2, 0.25) is 0 Å². The molecule has 1 atom stereocenters. The van der Waals surface area contributed by atoms with Crippen molar-refractivity contribution in [1.29, 1.82) is 0 Å². The standard InChI is InChI=1S/C12H22ClNO4/c1-12(2)9-14(7-10(6-13)18-12)11(15)8-17-5-4-16-3/h10H,4-9H2,1-3H3. The van der Waals surface area contributed by atoms with Crippen molar-refractivity contribution in [2.75, 3.05) is 45.9 Å². The second-order valence-electron chi connectivity index (χ2n) is 4.97. The molecule has 1 unspecified atom stereocenters. The number of methoxy groups -OCH3 is 1. The molecular formula is C12H22ClNO4. The van der Waals surface area contributed by atoms with Gasteiger partial charge in [-0.15, -0.1) is 11.6 Å². The minimum atomic E-state index is -0.361. The van der Waals surface area contributed by atoms with Crippen LogP contribution in [0.1, 0.15) is 13.8 Å². The maximum Gasteiger partial charge on any atom is 0.248 e. The van der Waals surface area contributed by atoms with Crippen molar-refractivity contribution in [1.82, 2.24) is 4.90 Å². The molecule has 5 nitrogen and oxygen atoms in total. The molecule has 1 saturated heterocycles. The summed E-state index contributed by atoms with van der Waals surface area (Å²) in [6.45, 7) is 6.00. The molecule has 1 aliphatic rings. The van der Waals surface area contributed by atoms with Crippen LogP contribution in [0.25, 0.3) is 0 Å². The Morgan fingerprint density at radius 2 is 2.22 bits per heavy atom. The summed E-state index contributed by atoms with van der Waals surface area (Å²) in [4.78, 5) is 13.7. The van der Waals surface area contributed by atoms with Gasteiger partial charge in [0.15, 0.2) is 0 Å². The lowest BCUT2D eigenvalue weighted by Crippen LogP contribution is -2.55. The highest BCUT2D eigenvalue weighted by Crippen LogP contribution is 2.21. The number of halogens is 1. The number of hydrogen-bond donors (Lipinski definition) is 0. The van der Waals surface area contributed by atoms with E-state index in [0.29, 0.717) is 32.2 Å². The zero-order valence-corrected chi connectivity index (χ0v) is 12.0. The van der Waals surface area contributed by atoms with Crippen molar-refractivity contribution in [3.8, 4) is 0 Å². The molecule has 0 N–H and O–H groups in total. The van der Waals surface area contributed by atoms with E-state index in [9.17, 15) is 4.79 Å². The number of nitrogens with zero attached hydrogens (tertiary/aromatic N) is 1. The molecular weight excluding hydrogens is 258 g/mol. The van der Waals surface area contributed by atoms with E-state index in [0.717, 1.165) is 0 Å². The van der Waals surface area contributed by atoms with Gasteiger partial charge in [-0.2, -0.15) is 0 Å². The van der Waals surface area contributed by atoms with Crippen molar-refractivity contribution in [2.24, 2.45) is 0 Å². The van der Waals surface area contributed by atoms with Crippen LogP contribution in [0.5, 0.6) is 0 Å². The maximum atomic E-state index is 12.0. The molecule has 6 heteroatoms. The Balaban J connectivity index is 2.41. The van der Waals surface area contributed by atoms with Gasteiger partial charge in [0.1, 0.15) is 6.61 Å². The summed E-state index contributed by atoms with van der Waals surface area (Å²) in [5.74, 6) is 0.357. The smallest absolute Gasteiger partial charge is 0.248 e. The normalized spacial score (nSPS) is 23.1. The molecule has 0 radical (unpaired) electrons. The van der Waals surface area contributed by atoms with Gasteiger partial charge in [0.25, 0.3) is 0 Å². The van der Waals surface area contributed by atoms with Gasteiger partial charge in [0.05, 0.1) is 30.8 Å². The lowest BCUT2D eigenvalue weighted by molar-refractivity contribution is -0.161. The molecule has 0 bridgehead atoms. The molecule has 106 valence electrons. The van der Waals surface area contributed by atoms with Crippen LogP contribution in [0, 0.1) is 0 Å². The van der Waals surface area contributed by atoms with Gasteiger partial charge in [-0.05, 0) is 13.8 Å². The van der Waals surface area contributed by atoms with Crippen LogP contribution in [0.3, 0.4) is 0 Å². The third kappa shape index (κ3) is 5.10. The van der Waals surface area contributed by atoms with E-state index in [1.807, 2.05) is 13.8 Å². The number of carbonyl (C=O) groups excluding carboxylic acids is 1. The summed E-state index contributed by atoms with van der Waals surface area (Å²) in [6.07, 6.45) is -0.113. The summed E-state index contributed by atoms with van der Waals surface area (Å²) < 4.78 is 15.8. The Labute approximate surface area is 113 Å². The average molecular weight is 280 g/mol. The number of carbonyl (C=O) groups is 1. The Morgan fingerprint density at radius 1 is 1.50 bits per heavy atom. The molecule has 1 fully saturated rings. The monoisotopic (exact) mass is 279 g/mol. The molecule has 1 aliphatic heterocycles. The second-order valence-corrected chi connectivity index (χ2v) is 5.28. The zero-order chi connectivity index (χ0) is 13.6. The van der Waals surface area contributed by atoms with E-state index < -0.39 is 0 Å². The summed E-state index contributed by atoms with van der Waals surface area (Å²) in [5, 5.41) is 0. The van der Waals surface area contributed by atoms with Gasteiger partial charge < -0.3 is 19.1 Å². The van der Waals surface area contributed by atoms with E-state index in [1.165, 1.54) is 0 Å². The predicted octanol–water partition coefficient (Wildman–Crippen LogP) is 0.894. The second kappa shape index (κ2) is 7.28. The summed E-state index contributed by atoms with van der Waals surface area (Å²) in [7, 11) is 1.60. The molecule has 1 amide bonds. The van der Waals surface area contributed by atoms with Crippen molar-refractivity contribution >= 4 is 17.5 Å². The lowest BCUT2D eigenvalue weighted by Gasteiger charge is -2.42. The number of morpholine rings is 1.